The average molecular weight is 256 g/mol. The van der Waals surface area contributed by atoms with Crippen LogP contribution in [0, 0.1) is 11.8 Å². The van der Waals surface area contributed by atoms with E-state index in [0.29, 0.717) is 11.8 Å². The molecule has 106 valence electrons. The third kappa shape index (κ3) is 5.25. The highest BCUT2D eigenvalue weighted by molar-refractivity contribution is 5.67. The topological polar surface area (TPSA) is 55.6 Å². The molecule has 2 N–H and O–H groups in total. The molecule has 0 unspecified atom stereocenters. The number of amides is 1. The van der Waals surface area contributed by atoms with Gasteiger partial charge in [0.25, 0.3) is 0 Å². The van der Waals surface area contributed by atoms with Crippen molar-refractivity contribution in [1.29, 1.82) is 0 Å². The van der Waals surface area contributed by atoms with Gasteiger partial charge in [0.05, 0.1) is 0 Å². The summed E-state index contributed by atoms with van der Waals surface area (Å²) in [5, 5.41) is 0. The predicted octanol–water partition coefficient (Wildman–Crippen LogP) is 2.62. The number of carbonyl (C=O) groups excluding carboxylic acids is 1. The van der Waals surface area contributed by atoms with Crippen LogP contribution in [0.1, 0.15) is 46.5 Å². The number of hydrogen-bond donors (Lipinski definition) is 1. The quantitative estimate of drug-likeness (QED) is 0.844. The Morgan fingerprint density at radius 1 is 1.22 bits per heavy atom. The molecular formula is C14H28N2O2. The van der Waals surface area contributed by atoms with Gasteiger partial charge in [-0.3, -0.25) is 0 Å². The summed E-state index contributed by atoms with van der Waals surface area (Å²) in [6.45, 7) is 7.28. The molecule has 0 radical (unpaired) electrons. The third-order valence-corrected chi connectivity index (χ3v) is 3.54. The summed E-state index contributed by atoms with van der Waals surface area (Å²) in [6, 6.07) is 0. The second kappa shape index (κ2) is 6.41. The number of ether oxygens (including phenoxy) is 1. The molecule has 0 aromatic rings. The Balaban J connectivity index is 2.32. The zero-order valence-electron chi connectivity index (χ0n) is 12.2. The maximum atomic E-state index is 11.8. The van der Waals surface area contributed by atoms with E-state index in [4.69, 9.17) is 10.5 Å². The third-order valence-electron chi connectivity index (χ3n) is 3.54. The minimum Gasteiger partial charge on any atom is -0.444 e. The summed E-state index contributed by atoms with van der Waals surface area (Å²) in [4.78, 5) is 13.5. The molecule has 0 aromatic heterocycles. The minimum atomic E-state index is -0.414. The maximum absolute atomic E-state index is 11.8. The van der Waals surface area contributed by atoms with Crippen LogP contribution in [0.25, 0.3) is 0 Å². The lowest BCUT2D eigenvalue weighted by atomic mass is 9.82. The van der Waals surface area contributed by atoms with E-state index in [-0.39, 0.29) is 6.09 Å². The number of nitrogens with two attached hydrogens (primary N) is 1. The summed E-state index contributed by atoms with van der Waals surface area (Å²) < 4.78 is 5.35. The Hall–Kier alpha value is -0.770. The molecule has 0 aromatic carbocycles. The summed E-state index contributed by atoms with van der Waals surface area (Å²) in [5.41, 5.74) is 5.27. The molecule has 1 rings (SSSR count). The van der Waals surface area contributed by atoms with Crippen LogP contribution >= 0.6 is 0 Å². The van der Waals surface area contributed by atoms with Crippen LogP contribution in [0.3, 0.4) is 0 Å². The number of rotatable bonds is 3. The van der Waals surface area contributed by atoms with Gasteiger partial charge in [0.2, 0.25) is 0 Å². The van der Waals surface area contributed by atoms with Crippen LogP contribution in [0.4, 0.5) is 4.79 Å². The Kier molecular flexibility index (Phi) is 5.45. The van der Waals surface area contributed by atoms with E-state index in [1.165, 1.54) is 25.7 Å². The molecule has 0 heterocycles. The molecule has 0 bridgehead atoms. The SMILES string of the molecule is CN(CC1CCC(CN)CC1)C(=O)OC(C)(C)C. The van der Waals surface area contributed by atoms with Crippen LogP contribution in [-0.4, -0.2) is 36.7 Å². The highest BCUT2D eigenvalue weighted by Crippen LogP contribution is 2.28. The van der Waals surface area contributed by atoms with E-state index >= 15 is 0 Å². The first kappa shape index (κ1) is 15.3. The normalized spacial score (nSPS) is 24.7. The summed E-state index contributed by atoms with van der Waals surface area (Å²) in [7, 11) is 1.82. The van der Waals surface area contributed by atoms with Crippen molar-refractivity contribution in [2.24, 2.45) is 17.6 Å². The number of nitrogens with zero attached hydrogens (tertiary/aromatic N) is 1. The molecular weight excluding hydrogens is 228 g/mol. The fourth-order valence-corrected chi connectivity index (χ4v) is 2.45. The number of hydrogen-bond acceptors (Lipinski definition) is 3. The van der Waals surface area contributed by atoms with E-state index in [1.54, 1.807) is 4.90 Å². The molecule has 1 amide bonds. The molecule has 1 fully saturated rings. The molecule has 0 saturated heterocycles. The zero-order chi connectivity index (χ0) is 13.8. The van der Waals surface area contributed by atoms with Gasteiger partial charge in [-0.2, -0.15) is 0 Å². The number of carbonyl (C=O) groups is 1. The first-order chi connectivity index (χ1) is 8.31. The Bertz CT molecular complexity index is 265. The van der Waals surface area contributed by atoms with Crippen LogP contribution < -0.4 is 5.73 Å². The molecule has 4 nitrogen and oxygen atoms in total. The van der Waals surface area contributed by atoms with E-state index in [1.807, 2.05) is 27.8 Å². The van der Waals surface area contributed by atoms with Gasteiger partial charge in [0.15, 0.2) is 0 Å². The van der Waals surface area contributed by atoms with Crippen molar-refractivity contribution in [2.75, 3.05) is 20.1 Å². The minimum absolute atomic E-state index is 0.219. The van der Waals surface area contributed by atoms with Crippen LogP contribution in [0.15, 0.2) is 0 Å². The van der Waals surface area contributed by atoms with Crippen molar-refractivity contribution in [1.82, 2.24) is 4.90 Å². The van der Waals surface area contributed by atoms with E-state index < -0.39 is 5.60 Å². The molecule has 1 aliphatic carbocycles. The van der Waals surface area contributed by atoms with Crippen molar-refractivity contribution in [3.8, 4) is 0 Å². The molecule has 1 saturated carbocycles. The lowest BCUT2D eigenvalue weighted by Crippen LogP contribution is -2.38. The van der Waals surface area contributed by atoms with E-state index in [9.17, 15) is 4.79 Å². The van der Waals surface area contributed by atoms with Crippen molar-refractivity contribution >= 4 is 6.09 Å². The van der Waals surface area contributed by atoms with Gasteiger partial charge in [-0.1, -0.05) is 0 Å². The first-order valence-corrected chi connectivity index (χ1v) is 6.96. The van der Waals surface area contributed by atoms with Crippen LogP contribution in [-0.2, 0) is 4.74 Å². The summed E-state index contributed by atoms with van der Waals surface area (Å²) >= 11 is 0. The van der Waals surface area contributed by atoms with Crippen molar-refractivity contribution in [3.05, 3.63) is 0 Å². The fourth-order valence-electron chi connectivity index (χ4n) is 2.45. The Morgan fingerprint density at radius 2 is 1.72 bits per heavy atom. The van der Waals surface area contributed by atoms with Crippen LogP contribution in [0.2, 0.25) is 0 Å². The van der Waals surface area contributed by atoms with E-state index in [2.05, 4.69) is 0 Å². The van der Waals surface area contributed by atoms with Crippen molar-refractivity contribution in [3.63, 3.8) is 0 Å². The monoisotopic (exact) mass is 256 g/mol. The lowest BCUT2D eigenvalue weighted by molar-refractivity contribution is 0.0258. The highest BCUT2D eigenvalue weighted by Gasteiger charge is 2.25. The van der Waals surface area contributed by atoms with Crippen molar-refractivity contribution in [2.45, 2.75) is 52.1 Å². The second-order valence-corrected chi connectivity index (χ2v) is 6.48. The standard InChI is InChI=1S/C14H28N2O2/c1-14(2,3)18-13(17)16(4)10-12-7-5-11(9-15)6-8-12/h11-12H,5-10,15H2,1-4H3. The fraction of sp³-hybridized carbons (Fsp3) is 0.929. The Morgan fingerprint density at radius 3 is 2.17 bits per heavy atom. The average Bonchev–Trinajstić information content (AvgIpc) is 2.27. The van der Waals surface area contributed by atoms with E-state index in [0.717, 1.165) is 13.1 Å². The summed E-state index contributed by atoms with van der Waals surface area (Å²) in [6.07, 6.45) is 4.53. The molecule has 4 heteroatoms. The molecule has 0 aliphatic heterocycles. The maximum Gasteiger partial charge on any atom is 0.410 e. The lowest BCUT2D eigenvalue weighted by Gasteiger charge is -2.31. The van der Waals surface area contributed by atoms with Gasteiger partial charge in [-0.05, 0) is 64.8 Å². The molecule has 1 aliphatic rings. The van der Waals surface area contributed by atoms with Gasteiger partial charge in [-0.25, -0.2) is 4.79 Å². The van der Waals surface area contributed by atoms with Gasteiger partial charge in [0, 0.05) is 13.6 Å². The Labute approximate surface area is 111 Å². The largest absolute Gasteiger partial charge is 0.444 e. The summed E-state index contributed by atoms with van der Waals surface area (Å²) in [5.74, 6) is 1.29. The molecule has 18 heavy (non-hydrogen) atoms. The first-order valence-electron chi connectivity index (χ1n) is 6.96. The van der Waals surface area contributed by atoms with Gasteiger partial charge in [-0.15, -0.1) is 0 Å². The highest BCUT2D eigenvalue weighted by atomic mass is 16.6. The molecule has 0 spiro atoms. The predicted molar refractivity (Wildman–Crippen MR) is 73.4 cm³/mol. The van der Waals surface area contributed by atoms with Crippen LogP contribution in [0.5, 0.6) is 0 Å². The van der Waals surface area contributed by atoms with Crippen molar-refractivity contribution < 1.29 is 9.53 Å². The molecule has 0 atom stereocenters. The van der Waals surface area contributed by atoms with Gasteiger partial charge >= 0.3 is 6.09 Å². The smallest absolute Gasteiger partial charge is 0.410 e. The van der Waals surface area contributed by atoms with Gasteiger partial charge < -0.3 is 15.4 Å². The van der Waals surface area contributed by atoms with Gasteiger partial charge in [0.1, 0.15) is 5.60 Å². The second-order valence-electron chi connectivity index (χ2n) is 6.48. The zero-order valence-corrected chi connectivity index (χ0v) is 12.2.